The Labute approximate surface area is 98.0 Å². The SMILES string of the molecule is CN(CCCCCC(=O)NN)CC(C)(C)O. The van der Waals surface area contributed by atoms with E-state index in [2.05, 4.69) is 10.3 Å². The Morgan fingerprint density at radius 2 is 2.00 bits per heavy atom. The molecular weight excluding hydrogens is 206 g/mol. The van der Waals surface area contributed by atoms with Crippen molar-refractivity contribution in [2.24, 2.45) is 5.84 Å². The van der Waals surface area contributed by atoms with Crippen LogP contribution in [0.2, 0.25) is 0 Å². The first-order valence-electron chi connectivity index (χ1n) is 5.75. The van der Waals surface area contributed by atoms with Crippen molar-refractivity contribution in [1.82, 2.24) is 10.3 Å². The van der Waals surface area contributed by atoms with E-state index >= 15 is 0 Å². The summed E-state index contributed by atoms with van der Waals surface area (Å²) in [5, 5.41) is 9.59. The Morgan fingerprint density at radius 3 is 2.50 bits per heavy atom. The van der Waals surface area contributed by atoms with Crippen LogP contribution in [-0.2, 0) is 4.79 Å². The molecule has 0 heterocycles. The number of aliphatic hydroxyl groups is 1. The fourth-order valence-electron chi connectivity index (χ4n) is 1.66. The Hall–Kier alpha value is -0.650. The zero-order valence-electron chi connectivity index (χ0n) is 10.6. The highest BCUT2D eigenvalue weighted by atomic mass is 16.3. The smallest absolute Gasteiger partial charge is 0.233 e. The monoisotopic (exact) mass is 231 g/mol. The van der Waals surface area contributed by atoms with E-state index < -0.39 is 5.60 Å². The van der Waals surface area contributed by atoms with Crippen LogP contribution in [0, 0.1) is 0 Å². The molecule has 16 heavy (non-hydrogen) atoms. The van der Waals surface area contributed by atoms with Crippen LogP contribution in [0.4, 0.5) is 0 Å². The van der Waals surface area contributed by atoms with E-state index in [4.69, 9.17) is 5.84 Å². The van der Waals surface area contributed by atoms with Gasteiger partial charge in [-0.3, -0.25) is 10.2 Å². The van der Waals surface area contributed by atoms with E-state index in [9.17, 15) is 9.90 Å². The molecule has 0 aromatic heterocycles. The molecule has 0 unspecified atom stereocenters. The molecule has 0 aromatic rings. The van der Waals surface area contributed by atoms with Gasteiger partial charge < -0.3 is 10.0 Å². The maximum absolute atomic E-state index is 10.8. The van der Waals surface area contributed by atoms with Gasteiger partial charge >= 0.3 is 0 Å². The van der Waals surface area contributed by atoms with Crippen LogP contribution in [0.3, 0.4) is 0 Å². The summed E-state index contributed by atoms with van der Waals surface area (Å²) in [6.45, 7) is 5.20. The summed E-state index contributed by atoms with van der Waals surface area (Å²) >= 11 is 0. The van der Waals surface area contributed by atoms with Gasteiger partial charge in [0.25, 0.3) is 0 Å². The molecule has 0 aliphatic heterocycles. The van der Waals surface area contributed by atoms with Crippen molar-refractivity contribution in [1.29, 1.82) is 0 Å². The maximum atomic E-state index is 10.8. The molecule has 96 valence electrons. The highest BCUT2D eigenvalue weighted by Crippen LogP contribution is 2.05. The second-order valence-corrected chi connectivity index (χ2v) is 4.93. The van der Waals surface area contributed by atoms with E-state index in [0.717, 1.165) is 25.8 Å². The van der Waals surface area contributed by atoms with Gasteiger partial charge in [-0.2, -0.15) is 0 Å². The van der Waals surface area contributed by atoms with E-state index in [1.54, 1.807) is 13.8 Å². The third-order valence-corrected chi connectivity index (χ3v) is 2.26. The van der Waals surface area contributed by atoms with Crippen molar-refractivity contribution in [3.63, 3.8) is 0 Å². The summed E-state index contributed by atoms with van der Waals surface area (Å²) in [6, 6.07) is 0. The molecule has 0 saturated carbocycles. The number of hydrazine groups is 1. The zero-order valence-corrected chi connectivity index (χ0v) is 10.6. The fourth-order valence-corrected chi connectivity index (χ4v) is 1.66. The lowest BCUT2D eigenvalue weighted by Gasteiger charge is -2.25. The number of nitrogens with two attached hydrogens (primary N) is 1. The topological polar surface area (TPSA) is 78.6 Å². The minimum atomic E-state index is -0.645. The molecule has 0 fully saturated rings. The number of nitrogens with zero attached hydrogens (tertiary/aromatic N) is 1. The molecule has 0 aromatic carbocycles. The number of carbonyl (C=O) groups excluding carboxylic acids is 1. The van der Waals surface area contributed by atoms with E-state index in [-0.39, 0.29) is 5.91 Å². The van der Waals surface area contributed by atoms with E-state index in [0.29, 0.717) is 13.0 Å². The van der Waals surface area contributed by atoms with Gasteiger partial charge in [0.15, 0.2) is 0 Å². The molecule has 0 atom stereocenters. The quantitative estimate of drug-likeness (QED) is 0.242. The summed E-state index contributed by atoms with van der Waals surface area (Å²) in [7, 11) is 1.99. The second-order valence-electron chi connectivity index (χ2n) is 4.93. The van der Waals surface area contributed by atoms with Crippen molar-refractivity contribution >= 4 is 5.91 Å². The van der Waals surface area contributed by atoms with Gasteiger partial charge in [-0.05, 0) is 40.3 Å². The van der Waals surface area contributed by atoms with Crippen molar-refractivity contribution in [3.8, 4) is 0 Å². The number of likely N-dealkylation sites (N-methyl/N-ethyl adjacent to an activating group) is 1. The molecule has 0 rings (SSSR count). The maximum Gasteiger partial charge on any atom is 0.233 e. The van der Waals surface area contributed by atoms with Crippen LogP contribution < -0.4 is 11.3 Å². The van der Waals surface area contributed by atoms with Gasteiger partial charge in [-0.15, -0.1) is 0 Å². The molecule has 0 bridgehead atoms. The average molecular weight is 231 g/mol. The van der Waals surface area contributed by atoms with Crippen LogP contribution in [0.15, 0.2) is 0 Å². The highest BCUT2D eigenvalue weighted by molar-refractivity contribution is 5.74. The average Bonchev–Trinajstić information content (AvgIpc) is 2.14. The molecule has 0 spiro atoms. The molecule has 0 radical (unpaired) electrons. The lowest BCUT2D eigenvalue weighted by atomic mass is 10.1. The molecule has 4 N–H and O–H groups in total. The van der Waals surface area contributed by atoms with Crippen LogP contribution in [0.5, 0.6) is 0 Å². The molecule has 1 amide bonds. The summed E-state index contributed by atoms with van der Waals surface area (Å²) < 4.78 is 0. The lowest BCUT2D eigenvalue weighted by molar-refractivity contribution is -0.121. The number of unbranched alkanes of at least 4 members (excludes halogenated alkanes) is 2. The van der Waals surface area contributed by atoms with Crippen LogP contribution in [0.25, 0.3) is 0 Å². The summed E-state index contributed by atoms with van der Waals surface area (Å²) in [5.41, 5.74) is 1.47. The standard InChI is InChI=1S/C11H25N3O2/c1-11(2,16)9-14(3)8-6-4-5-7-10(15)13-12/h16H,4-9,12H2,1-3H3,(H,13,15). The summed E-state index contributed by atoms with van der Waals surface area (Å²) in [4.78, 5) is 12.9. The van der Waals surface area contributed by atoms with Crippen molar-refractivity contribution in [2.45, 2.75) is 45.1 Å². The predicted octanol–water partition coefficient (Wildman–Crippen LogP) is 0.239. The Bertz CT molecular complexity index is 202. The third-order valence-electron chi connectivity index (χ3n) is 2.26. The third kappa shape index (κ3) is 9.89. The first-order valence-corrected chi connectivity index (χ1v) is 5.75. The van der Waals surface area contributed by atoms with Crippen molar-refractivity contribution in [3.05, 3.63) is 0 Å². The van der Waals surface area contributed by atoms with Crippen molar-refractivity contribution < 1.29 is 9.90 Å². The summed E-state index contributed by atoms with van der Waals surface area (Å²) in [5.74, 6) is 4.86. The summed E-state index contributed by atoms with van der Waals surface area (Å²) in [6.07, 6.45) is 3.39. The van der Waals surface area contributed by atoms with Gasteiger partial charge in [-0.25, -0.2) is 5.84 Å². The number of carbonyl (C=O) groups is 1. The Kier molecular flexibility index (Phi) is 7.29. The minimum Gasteiger partial charge on any atom is -0.389 e. The Balaban J connectivity index is 3.41. The number of amides is 1. The molecule has 5 nitrogen and oxygen atoms in total. The number of hydrogen-bond donors (Lipinski definition) is 3. The van der Waals surface area contributed by atoms with Gasteiger partial charge in [0.2, 0.25) is 5.91 Å². The Morgan fingerprint density at radius 1 is 1.38 bits per heavy atom. The van der Waals surface area contributed by atoms with Crippen LogP contribution in [0.1, 0.15) is 39.5 Å². The normalized spacial score (nSPS) is 11.9. The molecular formula is C11H25N3O2. The first-order chi connectivity index (χ1) is 7.35. The van der Waals surface area contributed by atoms with Gasteiger partial charge in [-0.1, -0.05) is 6.42 Å². The lowest BCUT2D eigenvalue weighted by Crippen LogP contribution is -2.36. The molecule has 0 aliphatic rings. The van der Waals surface area contributed by atoms with Crippen molar-refractivity contribution in [2.75, 3.05) is 20.1 Å². The predicted molar refractivity (Wildman–Crippen MR) is 64.6 cm³/mol. The largest absolute Gasteiger partial charge is 0.389 e. The first kappa shape index (κ1) is 15.3. The van der Waals surface area contributed by atoms with Gasteiger partial charge in [0.05, 0.1) is 5.60 Å². The molecule has 0 aliphatic carbocycles. The van der Waals surface area contributed by atoms with Gasteiger partial charge in [0.1, 0.15) is 0 Å². The van der Waals surface area contributed by atoms with Crippen LogP contribution in [-0.4, -0.2) is 41.7 Å². The molecule has 0 saturated heterocycles. The highest BCUT2D eigenvalue weighted by Gasteiger charge is 2.14. The number of hydrogen-bond acceptors (Lipinski definition) is 4. The van der Waals surface area contributed by atoms with Crippen LogP contribution >= 0.6 is 0 Å². The second kappa shape index (κ2) is 7.60. The fraction of sp³-hybridized carbons (Fsp3) is 0.909. The number of nitrogens with one attached hydrogen (secondary N) is 1. The zero-order chi connectivity index (χ0) is 12.6. The molecule has 5 heteroatoms. The minimum absolute atomic E-state index is 0.107. The van der Waals surface area contributed by atoms with Gasteiger partial charge in [0, 0.05) is 13.0 Å². The van der Waals surface area contributed by atoms with E-state index in [1.165, 1.54) is 0 Å². The number of rotatable bonds is 8. The van der Waals surface area contributed by atoms with E-state index in [1.807, 2.05) is 7.05 Å².